The number of hydrogen-bond acceptors (Lipinski definition) is 1. The van der Waals surface area contributed by atoms with Gasteiger partial charge in [-0.3, -0.25) is 0 Å². The summed E-state index contributed by atoms with van der Waals surface area (Å²) in [4.78, 5) is 0. The summed E-state index contributed by atoms with van der Waals surface area (Å²) in [5, 5.41) is 3.11. The lowest BCUT2D eigenvalue weighted by Crippen LogP contribution is -2.09. The molecule has 8 heavy (non-hydrogen) atoms. The van der Waals surface area contributed by atoms with E-state index in [1.54, 1.807) is 0 Å². The van der Waals surface area contributed by atoms with Crippen molar-refractivity contribution in [3.8, 4) is 0 Å². The van der Waals surface area contributed by atoms with Crippen LogP contribution in [0.15, 0.2) is 0 Å². The van der Waals surface area contributed by atoms with Gasteiger partial charge in [0.05, 0.1) is 0 Å². The molecule has 0 bridgehead atoms. The second kappa shape index (κ2) is 15.7. The van der Waals surface area contributed by atoms with Crippen LogP contribution in [0.25, 0.3) is 0 Å². The van der Waals surface area contributed by atoms with Crippen LogP contribution in [0.5, 0.6) is 0 Å². The molecule has 0 aromatic heterocycles. The third-order valence-corrected chi connectivity index (χ3v) is 0.500. The first-order valence-electron chi connectivity index (χ1n) is 3.10. The van der Waals surface area contributed by atoms with Crippen LogP contribution in [0.4, 0.5) is 0 Å². The predicted molar refractivity (Wildman–Crippen MR) is 44.5 cm³/mol. The highest BCUT2D eigenvalue weighted by atomic mass is 35.6. The second-order valence-electron chi connectivity index (χ2n) is 1.22. The third-order valence-electron chi connectivity index (χ3n) is 0.500. The van der Waals surface area contributed by atoms with E-state index in [9.17, 15) is 0 Å². The molecule has 1 N–H and O–H groups in total. The lowest BCUT2D eigenvalue weighted by molar-refractivity contribution is 0.762. The summed E-state index contributed by atoms with van der Waals surface area (Å²) in [5.41, 5.74) is 0. The van der Waals surface area contributed by atoms with Crippen molar-refractivity contribution in [1.82, 2.24) is 5.32 Å². The van der Waals surface area contributed by atoms with Gasteiger partial charge in [-0.1, -0.05) is 20.4 Å². The van der Waals surface area contributed by atoms with Crippen molar-refractivity contribution in [1.29, 1.82) is 0 Å². The Morgan fingerprint density at radius 3 is 1.62 bits per heavy atom. The minimum atomic E-state index is -0.111. The Kier molecular flexibility index (Phi) is 22.1. The molecule has 0 saturated heterocycles. The molecule has 0 unspecified atom stereocenters. The molecule has 1 nitrogen and oxygen atoms in total. The first-order valence-corrected chi connectivity index (χ1v) is 6.65. The zero-order valence-electron chi connectivity index (χ0n) is 6.00. The van der Waals surface area contributed by atoms with Crippen molar-refractivity contribution in [2.75, 3.05) is 13.1 Å². The molecule has 0 radical (unpaired) electrons. The van der Waals surface area contributed by atoms with Crippen LogP contribution in [0.2, 0.25) is 6.55 Å². The molecular formula is C5H16ClNSi. The largest absolute Gasteiger partial charge is 0.317 e. The van der Waals surface area contributed by atoms with Crippen LogP contribution in [-0.2, 0) is 0 Å². The monoisotopic (exact) mass is 153 g/mol. The lowest BCUT2D eigenvalue weighted by Gasteiger charge is -1.86. The minimum absolute atomic E-state index is 0.111. The molecule has 0 heterocycles. The van der Waals surface area contributed by atoms with E-state index in [-0.39, 0.29) is 8.83 Å². The molecule has 0 aromatic carbocycles. The maximum Gasteiger partial charge on any atom is 0.122 e. The summed E-state index contributed by atoms with van der Waals surface area (Å²) in [6.07, 6.45) is 0. The fourth-order valence-corrected chi connectivity index (χ4v) is 0.250. The molecule has 0 aromatic rings. The quantitative estimate of drug-likeness (QED) is 0.461. The van der Waals surface area contributed by atoms with Gasteiger partial charge in [0.2, 0.25) is 0 Å². The standard InChI is InChI=1S/C4H11N.CH5ClSi/c1-3-5-4-2;1-3-2/h5H,3-4H2,1-2H3;3H2,1H3. The average molecular weight is 154 g/mol. The molecule has 3 heteroatoms. The van der Waals surface area contributed by atoms with Crippen LogP contribution in [-0.4, -0.2) is 21.9 Å². The molecule has 0 aliphatic rings. The number of nitrogens with one attached hydrogen (secondary N) is 1. The van der Waals surface area contributed by atoms with E-state index < -0.39 is 0 Å². The van der Waals surface area contributed by atoms with Crippen molar-refractivity contribution in [2.24, 2.45) is 0 Å². The van der Waals surface area contributed by atoms with Gasteiger partial charge in [-0.2, -0.15) is 11.1 Å². The maximum absolute atomic E-state index is 5.14. The molecule has 0 aliphatic heterocycles. The molecular weight excluding hydrogens is 138 g/mol. The van der Waals surface area contributed by atoms with E-state index in [0.717, 1.165) is 13.1 Å². The van der Waals surface area contributed by atoms with Crippen LogP contribution in [0, 0.1) is 0 Å². The Labute approximate surface area is 59.3 Å². The first-order chi connectivity index (χ1) is 3.83. The number of rotatable bonds is 2. The Morgan fingerprint density at radius 1 is 1.38 bits per heavy atom. The summed E-state index contributed by atoms with van der Waals surface area (Å²) in [5.74, 6) is 0. The molecule has 52 valence electrons. The molecule has 0 spiro atoms. The van der Waals surface area contributed by atoms with E-state index in [1.165, 1.54) is 0 Å². The average Bonchev–Trinajstić information content (AvgIpc) is 1.71. The van der Waals surface area contributed by atoms with Crippen molar-refractivity contribution < 1.29 is 0 Å². The van der Waals surface area contributed by atoms with Crippen LogP contribution in [0.3, 0.4) is 0 Å². The smallest absolute Gasteiger partial charge is 0.122 e. The fraction of sp³-hybridized carbons (Fsp3) is 1.00. The summed E-state index contributed by atoms with van der Waals surface area (Å²) in [7, 11) is -0.111. The van der Waals surface area contributed by atoms with E-state index in [2.05, 4.69) is 19.2 Å². The maximum atomic E-state index is 5.14. The highest BCUT2D eigenvalue weighted by Gasteiger charge is 1.62. The fourth-order valence-electron chi connectivity index (χ4n) is 0.250. The SMILES string of the molecule is CCNCC.C[SiH2]Cl. The summed E-state index contributed by atoms with van der Waals surface area (Å²) < 4.78 is 0. The van der Waals surface area contributed by atoms with Gasteiger partial charge in [-0.15, -0.1) is 0 Å². The van der Waals surface area contributed by atoms with E-state index >= 15 is 0 Å². The highest BCUT2D eigenvalue weighted by Crippen LogP contribution is 1.54. The Bertz CT molecular complexity index is 26.4. The van der Waals surface area contributed by atoms with Crippen molar-refractivity contribution in [3.05, 3.63) is 0 Å². The third kappa shape index (κ3) is 31.8. The van der Waals surface area contributed by atoms with Gasteiger partial charge < -0.3 is 5.32 Å². The Morgan fingerprint density at radius 2 is 1.62 bits per heavy atom. The number of hydrogen-bond donors (Lipinski definition) is 1. The van der Waals surface area contributed by atoms with E-state index in [4.69, 9.17) is 11.1 Å². The highest BCUT2D eigenvalue weighted by molar-refractivity contribution is 6.92. The zero-order valence-corrected chi connectivity index (χ0v) is 8.17. The molecule has 0 saturated carbocycles. The van der Waals surface area contributed by atoms with Crippen molar-refractivity contribution in [2.45, 2.75) is 20.4 Å². The first kappa shape index (κ1) is 11.3. The summed E-state index contributed by atoms with van der Waals surface area (Å²) in [6.45, 7) is 8.42. The topological polar surface area (TPSA) is 12.0 Å². The molecule has 0 fully saturated rings. The predicted octanol–water partition coefficient (Wildman–Crippen LogP) is 0.973. The van der Waals surface area contributed by atoms with Gasteiger partial charge in [-0.25, -0.2) is 0 Å². The molecule has 0 rings (SSSR count). The summed E-state index contributed by atoms with van der Waals surface area (Å²) in [6, 6.07) is 0. The molecule has 0 aliphatic carbocycles. The van der Waals surface area contributed by atoms with E-state index in [1.807, 2.05) is 6.55 Å². The van der Waals surface area contributed by atoms with Crippen LogP contribution in [0.1, 0.15) is 13.8 Å². The molecule has 0 amide bonds. The zero-order chi connectivity index (χ0) is 6.83. The second-order valence-corrected chi connectivity index (χ2v) is 3.36. The van der Waals surface area contributed by atoms with Crippen molar-refractivity contribution >= 4 is 19.9 Å². The van der Waals surface area contributed by atoms with Crippen molar-refractivity contribution in [3.63, 3.8) is 0 Å². The van der Waals surface area contributed by atoms with Gasteiger partial charge in [0.25, 0.3) is 0 Å². The minimum Gasteiger partial charge on any atom is -0.317 e. The van der Waals surface area contributed by atoms with Gasteiger partial charge in [0.1, 0.15) is 8.83 Å². The van der Waals surface area contributed by atoms with E-state index in [0.29, 0.717) is 0 Å². The van der Waals surface area contributed by atoms with Gasteiger partial charge >= 0.3 is 0 Å². The Balaban J connectivity index is 0. The van der Waals surface area contributed by atoms with Gasteiger partial charge in [-0.05, 0) is 13.1 Å². The molecule has 0 atom stereocenters. The normalized spacial score (nSPS) is 9.00. The van der Waals surface area contributed by atoms with Crippen LogP contribution < -0.4 is 5.32 Å². The lowest BCUT2D eigenvalue weighted by atomic mass is 10.7. The van der Waals surface area contributed by atoms with Gasteiger partial charge in [0, 0.05) is 0 Å². The Hall–Kier alpha value is 0.467. The summed E-state index contributed by atoms with van der Waals surface area (Å²) >= 11 is 5.14. The van der Waals surface area contributed by atoms with Crippen LogP contribution >= 0.6 is 11.1 Å². The number of halogens is 1. The van der Waals surface area contributed by atoms with Gasteiger partial charge in [0.15, 0.2) is 0 Å².